The Morgan fingerprint density at radius 2 is 2.14 bits per heavy atom. The Morgan fingerprint density at radius 1 is 1.38 bits per heavy atom. The number of anilines is 1. The van der Waals surface area contributed by atoms with Gasteiger partial charge in [-0.05, 0) is 30.9 Å². The van der Waals surface area contributed by atoms with Gasteiger partial charge in [-0.15, -0.1) is 0 Å². The highest BCUT2D eigenvalue weighted by molar-refractivity contribution is 5.80. The minimum absolute atomic E-state index is 0.102. The van der Waals surface area contributed by atoms with E-state index in [0.717, 1.165) is 25.3 Å². The van der Waals surface area contributed by atoms with Crippen LogP contribution in [0.25, 0.3) is 0 Å². The molecule has 1 N–H and O–H groups in total. The maximum Gasteiger partial charge on any atom is 0.241 e. The maximum atomic E-state index is 11.9. The van der Waals surface area contributed by atoms with Gasteiger partial charge in [-0.1, -0.05) is 13.0 Å². The van der Waals surface area contributed by atoms with Crippen LogP contribution in [0.4, 0.5) is 5.82 Å². The van der Waals surface area contributed by atoms with Crippen molar-refractivity contribution in [1.29, 1.82) is 0 Å². The van der Waals surface area contributed by atoms with Gasteiger partial charge in [0.15, 0.2) is 0 Å². The van der Waals surface area contributed by atoms with Crippen molar-refractivity contribution in [2.75, 3.05) is 32.1 Å². The summed E-state index contributed by atoms with van der Waals surface area (Å²) in [5, 5.41) is 3.48. The third-order valence-corrected chi connectivity index (χ3v) is 3.62. The molecule has 0 aromatic carbocycles. The van der Waals surface area contributed by atoms with E-state index < -0.39 is 0 Å². The Bertz CT molecular complexity index is 454. The lowest BCUT2D eigenvalue weighted by Gasteiger charge is -2.24. The van der Waals surface area contributed by atoms with Crippen LogP contribution >= 0.6 is 0 Å². The van der Waals surface area contributed by atoms with Gasteiger partial charge in [0, 0.05) is 39.4 Å². The van der Waals surface area contributed by atoms with Gasteiger partial charge < -0.3 is 15.1 Å². The summed E-state index contributed by atoms with van der Waals surface area (Å²) in [6.45, 7) is 4.21. The molecule has 0 atom stereocenters. The minimum Gasteiger partial charge on any atom is -0.347 e. The lowest BCUT2D eigenvalue weighted by atomic mass is 10.2. The monoisotopic (exact) mass is 290 g/mol. The number of aromatic nitrogens is 1. The molecule has 21 heavy (non-hydrogen) atoms. The number of nitrogens with one attached hydrogen (secondary N) is 1. The van der Waals surface area contributed by atoms with Crippen molar-refractivity contribution in [2.24, 2.45) is 0 Å². The van der Waals surface area contributed by atoms with Gasteiger partial charge in [0.25, 0.3) is 0 Å². The lowest BCUT2D eigenvalue weighted by Crippen LogP contribution is -2.37. The summed E-state index contributed by atoms with van der Waals surface area (Å²) in [7, 11) is 3.57. The largest absolute Gasteiger partial charge is 0.347 e. The van der Waals surface area contributed by atoms with Crippen molar-refractivity contribution in [3.8, 4) is 0 Å². The zero-order valence-corrected chi connectivity index (χ0v) is 13.3. The van der Waals surface area contributed by atoms with Gasteiger partial charge in [0.2, 0.25) is 5.91 Å². The molecule has 0 bridgehead atoms. The first-order valence-corrected chi connectivity index (χ1v) is 7.73. The quantitative estimate of drug-likeness (QED) is 0.791. The number of hydrogen-bond donors (Lipinski definition) is 1. The number of amides is 1. The molecule has 2 rings (SSSR count). The highest BCUT2D eigenvalue weighted by Crippen LogP contribution is 2.19. The van der Waals surface area contributed by atoms with Crippen LogP contribution in [-0.2, 0) is 11.3 Å². The number of rotatable bonds is 8. The van der Waals surface area contributed by atoms with E-state index in [0.29, 0.717) is 12.6 Å². The molecule has 1 amide bonds. The van der Waals surface area contributed by atoms with E-state index in [1.165, 1.54) is 18.4 Å². The van der Waals surface area contributed by atoms with Crippen LogP contribution in [-0.4, -0.2) is 49.0 Å². The summed E-state index contributed by atoms with van der Waals surface area (Å²) in [6, 6.07) is 4.82. The highest BCUT2D eigenvalue weighted by Gasteiger charge is 2.20. The number of nitrogens with zero attached hydrogens (tertiary/aromatic N) is 3. The fourth-order valence-electron chi connectivity index (χ4n) is 2.11. The predicted molar refractivity (Wildman–Crippen MR) is 85.3 cm³/mol. The number of carbonyl (C=O) groups excluding carboxylic acids is 1. The fraction of sp³-hybridized carbons (Fsp3) is 0.625. The van der Waals surface area contributed by atoms with Gasteiger partial charge in [0.1, 0.15) is 5.82 Å². The van der Waals surface area contributed by atoms with Crippen molar-refractivity contribution in [3.05, 3.63) is 23.9 Å². The highest BCUT2D eigenvalue weighted by atomic mass is 16.2. The van der Waals surface area contributed by atoms with Gasteiger partial charge in [-0.2, -0.15) is 0 Å². The van der Waals surface area contributed by atoms with Gasteiger partial charge in [-0.3, -0.25) is 4.79 Å². The third-order valence-electron chi connectivity index (χ3n) is 3.62. The van der Waals surface area contributed by atoms with E-state index in [1.807, 2.05) is 17.2 Å². The molecule has 0 radical (unpaired) electrons. The molecular formula is C16H26N4O. The summed E-state index contributed by atoms with van der Waals surface area (Å²) >= 11 is 0. The zero-order chi connectivity index (χ0) is 15.2. The van der Waals surface area contributed by atoms with Crippen LogP contribution in [0, 0.1) is 0 Å². The van der Waals surface area contributed by atoms with E-state index in [2.05, 4.69) is 23.3 Å². The molecule has 1 aromatic heterocycles. The normalized spacial score (nSPS) is 14.0. The molecule has 1 aromatic rings. The molecule has 0 spiro atoms. The Labute approximate surface area is 127 Å². The molecule has 1 heterocycles. The van der Waals surface area contributed by atoms with Crippen LogP contribution in [0.15, 0.2) is 18.3 Å². The smallest absolute Gasteiger partial charge is 0.241 e. The second kappa shape index (κ2) is 7.41. The topological polar surface area (TPSA) is 48.5 Å². The molecule has 5 nitrogen and oxygen atoms in total. The number of likely N-dealkylation sites (N-methyl/N-ethyl adjacent to an activating group) is 1. The summed E-state index contributed by atoms with van der Waals surface area (Å²) in [5.74, 6) is 0.979. The molecule has 1 aliphatic carbocycles. The first-order valence-electron chi connectivity index (χ1n) is 7.73. The maximum absolute atomic E-state index is 11.9. The Morgan fingerprint density at radius 3 is 2.67 bits per heavy atom. The Hall–Kier alpha value is -1.62. The molecule has 1 aliphatic rings. The summed E-state index contributed by atoms with van der Waals surface area (Å²) in [5.41, 5.74) is 1.20. The molecule has 0 aliphatic heterocycles. The van der Waals surface area contributed by atoms with Crippen LogP contribution < -0.4 is 10.2 Å². The summed E-state index contributed by atoms with van der Waals surface area (Å²) in [6.07, 6.45) is 5.49. The van der Waals surface area contributed by atoms with Crippen molar-refractivity contribution in [2.45, 2.75) is 38.8 Å². The summed E-state index contributed by atoms with van der Waals surface area (Å²) in [4.78, 5) is 20.1. The Kier molecular flexibility index (Phi) is 5.56. The van der Waals surface area contributed by atoms with Crippen LogP contribution in [0.2, 0.25) is 0 Å². The Balaban J connectivity index is 1.96. The van der Waals surface area contributed by atoms with Crippen molar-refractivity contribution in [3.63, 3.8) is 0 Å². The van der Waals surface area contributed by atoms with Crippen LogP contribution in [0.1, 0.15) is 31.7 Å². The molecule has 1 fully saturated rings. The van der Waals surface area contributed by atoms with E-state index >= 15 is 0 Å². The summed E-state index contributed by atoms with van der Waals surface area (Å²) < 4.78 is 0. The number of hydrogen-bond acceptors (Lipinski definition) is 4. The molecule has 1 saturated carbocycles. The predicted octanol–water partition coefficient (Wildman–Crippen LogP) is 1.64. The van der Waals surface area contributed by atoms with Crippen molar-refractivity contribution >= 4 is 11.7 Å². The second-order valence-electron chi connectivity index (χ2n) is 5.89. The first kappa shape index (κ1) is 15.8. The standard InChI is InChI=1S/C16H26N4O/c1-4-9-20(12-16(21)19(2)3)15-8-5-13(11-18-15)10-17-14-6-7-14/h5,8,11,14,17H,4,6-7,9-10,12H2,1-3H3. The van der Waals surface area contributed by atoms with Gasteiger partial charge >= 0.3 is 0 Å². The SMILES string of the molecule is CCCN(CC(=O)N(C)C)c1ccc(CNC2CC2)cn1. The van der Waals surface area contributed by atoms with E-state index in [4.69, 9.17) is 0 Å². The number of carbonyl (C=O) groups is 1. The van der Waals surface area contributed by atoms with E-state index in [9.17, 15) is 4.79 Å². The molecular weight excluding hydrogens is 264 g/mol. The molecule has 0 saturated heterocycles. The third kappa shape index (κ3) is 5.01. The first-order chi connectivity index (χ1) is 10.1. The average Bonchev–Trinajstić information content (AvgIpc) is 3.29. The van der Waals surface area contributed by atoms with E-state index in [-0.39, 0.29) is 5.91 Å². The van der Waals surface area contributed by atoms with Crippen LogP contribution in [0.5, 0.6) is 0 Å². The molecule has 116 valence electrons. The second-order valence-corrected chi connectivity index (χ2v) is 5.89. The number of pyridine rings is 1. The zero-order valence-electron chi connectivity index (χ0n) is 13.3. The van der Waals surface area contributed by atoms with E-state index in [1.54, 1.807) is 19.0 Å². The van der Waals surface area contributed by atoms with Gasteiger partial charge in [-0.25, -0.2) is 4.98 Å². The molecule has 5 heteroatoms. The van der Waals surface area contributed by atoms with Gasteiger partial charge in [0.05, 0.1) is 6.54 Å². The lowest BCUT2D eigenvalue weighted by molar-refractivity contribution is -0.127. The average molecular weight is 290 g/mol. The molecule has 0 unspecified atom stereocenters. The van der Waals surface area contributed by atoms with Crippen LogP contribution in [0.3, 0.4) is 0 Å². The minimum atomic E-state index is 0.102. The fourth-order valence-corrected chi connectivity index (χ4v) is 2.11. The van der Waals surface area contributed by atoms with Crippen molar-refractivity contribution in [1.82, 2.24) is 15.2 Å². The van der Waals surface area contributed by atoms with Crippen molar-refractivity contribution < 1.29 is 4.79 Å².